The van der Waals surface area contributed by atoms with Crippen LogP contribution in [0.2, 0.25) is 0 Å². The first-order valence-corrected chi connectivity index (χ1v) is 14.1. The van der Waals surface area contributed by atoms with Crippen molar-refractivity contribution in [3.05, 3.63) is 74.1 Å². The smallest absolute Gasteiger partial charge is 0.243 e. The zero-order valence-electron chi connectivity index (χ0n) is 17.9. The molecule has 0 aliphatic carbocycles. The molecular weight excluding hydrogens is 474 g/mol. The van der Waals surface area contributed by atoms with Crippen LogP contribution >= 0.6 is 22.7 Å². The average Bonchev–Trinajstić information content (AvgIpc) is 3.55. The molecule has 0 N–H and O–H groups in total. The monoisotopic (exact) mass is 497 g/mol. The van der Waals surface area contributed by atoms with Gasteiger partial charge in [0.1, 0.15) is 0 Å². The fourth-order valence-corrected chi connectivity index (χ4v) is 7.96. The molecule has 1 atom stereocenters. The lowest BCUT2D eigenvalue weighted by Gasteiger charge is -2.39. The van der Waals surface area contributed by atoms with Crippen molar-refractivity contribution < 1.29 is 13.2 Å². The Kier molecular flexibility index (Phi) is 6.10. The van der Waals surface area contributed by atoms with Gasteiger partial charge in [0.05, 0.1) is 22.6 Å². The molecule has 0 bridgehead atoms. The van der Waals surface area contributed by atoms with Gasteiger partial charge in [-0.3, -0.25) is 4.79 Å². The zero-order chi connectivity index (χ0) is 23.0. The number of hydrogen-bond donors (Lipinski definition) is 0. The van der Waals surface area contributed by atoms with Crippen LogP contribution in [0.4, 0.5) is 0 Å². The number of fused-ring (bicyclic) bond motifs is 1. The number of thiophene rings is 2. The molecule has 2 aromatic heterocycles. The van der Waals surface area contributed by atoms with Gasteiger partial charge in [0, 0.05) is 35.3 Å². The number of nitrogens with zero attached hydrogens (tertiary/aromatic N) is 3. The maximum absolute atomic E-state index is 13.6. The summed E-state index contributed by atoms with van der Waals surface area (Å²) in [6.07, 6.45) is 1.89. The van der Waals surface area contributed by atoms with Gasteiger partial charge in [0.25, 0.3) is 0 Å². The molecule has 0 radical (unpaired) electrons. The second-order valence-electron chi connectivity index (χ2n) is 8.31. The largest absolute Gasteiger partial charge is 0.330 e. The second-order valence-corrected chi connectivity index (χ2v) is 12.2. The van der Waals surface area contributed by atoms with Crippen molar-refractivity contribution in [1.29, 1.82) is 5.26 Å². The Bertz CT molecular complexity index is 1280. The molecular formula is C24H23N3O3S3. The first kappa shape index (κ1) is 22.3. The Balaban J connectivity index is 1.31. The van der Waals surface area contributed by atoms with Gasteiger partial charge in [-0.25, -0.2) is 8.42 Å². The van der Waals surface area contributed by atoms with E-state index in [0.717, 1.165) is 6.42 Å². The molecule has 9 heteroatoms. The Morgan fingerprint density at radius 3 is 2.42 bits per heavy atom. The van der Waals surface area contributed by atoms with Crippen molar-refractivity contribution in [2.45, 2.75) is 30.2 Å². The van der Waals surface area contributed by atoms with Gasteiger partial charge in [-0.1, -0.05) is 6.07 Å². The number of amides is 1. The molecule has 0 unspecified atom stereocenters. The first-order valence-electron chi connectivity index (χ1n) is 10.9. The van der Waals surface area contributed by atoms with Crippen LogP contribution in [0.3, 0.4) is 0 Å². The number of benzene rings is 1. The SMILES string of the molecule is N#Cc1ccc(S(=O)(=O)N2CCC(C(=O)N3CCc4sccc4[C@H]3c3cccs3)CC2)cc1. The minimum Gasteiger partial charge on any atom is -0.330 e. The summed E-state index contributed by atoms with van der Waals surface area (Å²) in [6, 6.07) is 14.2. The van der Waals surface area contributed by atoms with Crippen molar-refractivity contribution in [2.24, 2.45) is 5.92 Å². The van der Waals surface area contributed by atoms with Crippen molar-refractivity contribution >= 4 is 38.6 Å². The first-order chi connectivity index (χ1) is 16.0. The summed E-state index contributed by atoms with van der Waals surface area (Å²) in [6.45, 7) is 1.33. The topological polar surface area (TPSA) is 81.5 Å². The van der Waals surface area contributed by atoms with E-state index in [0.29, 0.717) is 38.0 Å². The number of carbonyl (C=O) groups excluding carboxylic acids is 1. The average molecular weight is 498 g/mol. The summed E-state index contributed by atoms with van der Waals surface area (Å²) >= 11 is 3.43. The Morgan fingerprint density at radius 1 is 1.00 bits per heavy atom. The molecule has 1 fully saturated rings. The minimum absolute atomic E-state index is 0.0482. The maximum Gasteiger partial charge on any atom is 0.243 e. The highest BCUT2D eigenvalue weighted by molar-refractivity contribution is 7.89. The lowest BCUT2D eigenvalue weighted by Crippen LogP contribution is -2.47. The van der Waals surface area contributed by atoms with Crippen molar-refractivity contribution in [3.63, 3.8) is 0 Å². The molecule has 1 saturated heterocycles. The van der Waals surface area contributed by atoms with Crippen molar-refractivity contribution in [1.82, 2.24) is 9.21 Å². The molecule has 170 valence electrons. The normalized spacial score (nSPS) is 19.7. The van der Waals surface area contributed by atoms with Gasteiger partial charge in [-0.2, -0.15) is 9.57 Å². The Labute approximate surface area is 201 Å². The van der Waals surface area contributed by atoms with Gasteiger partial charge >= 0.3 is 0 Å². The van der Waals surface area contributed by atoms with Gasteiger partial charge < -0.3 is 4.90 Å². The highest BCUT2D eigenvalue weighted by atomic mass is 32.2. The van der Waals surface area contributed by atoms with E-state index < -0.39 is 10.0 Å². The van der Waals surface area contributed by atoms with E-state index in [2.05, 4.69) is 17.5 Å². The molecule has 1 aromatic carbocycles. The predicted molar refractivity (Wildman–Crippen MR) is 129 cm³/mol. The van der Waals surface area contributed by atoms with Gasteiger partial charge in [0.15, 0.2) is 0 Å². The predicted octanol–water partition coefficient (Wildman–Crippen LogP) is 4.26. The van der Waals surface area contributed by atoms with E-state index in [-0.39, 0.29) is 22.8 Å². The number of nitriles is 1. The highest BCUT2D eigenvalue weighted by Crippen LogP contribution is 2.41. The number of piperidine rings is 1. The fraction of sp³-hybridized carbons (Fsp3) is 0.333. The fourth-order valence-electron chi connectivity index (χ4n) is 4.74. The summed E-state index contributed by atoms with van der Waals surface area (Å²) in [5.74, 6) is -0.0549. The molecule has 5 rings (SSSR count). The van der Waals surface area contributed by atoms with E-state index in [4.69, 9.17) is 5.26 Å². The van der Waals surface area contributed by atoms with E-state index >= 15 is 0 Å². The van der Waals surface area contributed by atoms with E-state index in [1.807, 2.05) is 22.4 Å². The standard InChI is InChI=1S/C24H23N3O3S3/c25-16-17-3-5-19(6-4-17)33(29,30)26-11-7-18(8-12-26)24(28)27-13-9-21-20(10-15-32-21)23(27)22-2-1-14-31-22/h1-6,10,14-15,18,23H,7-9,11-13H2/t23-/m0/s1. The van der Waals surface area contributed by atoms with Crippen molar-refractivity contribution in [2.75, 3.05) is 19.6 Å². The maximum atomic E-state index is 13.6. The quantitative estimate of drug-likeness (QED) is 0.539. The van der Waals surface area contributed by atoms with E-state index in [1.165, 1.54) is 43.9 Å². The minimum atomic E-state index is -3.64. The lowest BCUT2D eigenvalue weighted by molar-refractivity contribution is -0.138. The van der Waals surface area contributed by atoms with E-state index in [9.17, 15) is 13.2 Å². The number of sulfonamides is 1. The third kappa shape index (κ3) is 4.13. The highest BCUT2D eigenvalue weighted by Gasteiger charge is 2.39. The summed E-state index contributed by atoms with van der Waals surface area (Å²) in [5.41, 5.74) is 1.65. The third-order valence-electron chi connectivity index (χ3n) is 6.49. The van der Waals surface area contributed by atoms with Crippen LogP contribution in [-0.2, 0) is 21.2 Å². The second kappa shape index (κ2) is 9.03. The lowest BCUT2D eigenvalue weighted by atomic mass is 9.92. The third-order valence-corrected chi connectivity index (χ3v) is 10.3. The van der Waals surface area contributed by atoms with Crippen LogP contribution in [0.25, 0.3) is 0 Å². The zero-order valence-corrected chi connectivity index (χ0v) is 20.3. The number of carbonyl (C=O) groups is 1. The van der Waals surface area contributed by atoms with Crippen LogP contribution in [-0.4, -0.2) is 43.2 Å². The summed E-state index contributed by atoms with van der Waals surface area (Å²) < 4.78 is 27.5. The Morgan fingerprint density at radius 2 is 1.76 bits per heavy atom. The molecule has 0 spiro atoms. The molecule has 1 amide bonds. The van der Waals surface area contributed by atoms with Crippen LogP contribution in [0.15, 0.2) is 58.1 Å². The molecule has 4 heterocycles. The van der Waals surface area contributed by atoms with Crippen LogP contribution < -0.4 is 0 Å². The molecule has 2 aliphatic heterocycles. The Hall–Kier alpha value is -2.51. The number of rotatable bonds is 4. The summed E-state index contributed by atoms with van der Waals surface area (Å²) in [5, 5.41) is 13.1. The molecule has 3 aromatic rings. The van der Waals surface area contributed by atoms with Gasteiger partial charge in [-0.15, -0.1) is 22.7 Å². The molecule has 6 nitrogen and oxygen atoms in total. The molecule has 33 heavy (non-hydrogen) atoms. The van der Waals surface area contributed by atoms with Crippen molar-refractivity contribution in [3.8, 4) is 6.07 Å². The summed E-state index contributed by atoms with van der Waals surface area (Å²) in [4.78, 5) is 18.3. The van der Waals surface area contributed by atoms with Crippen LogP contribution in [0, 0.1) is 17.2 Å². The molecule has 2 aliphatic rings. The van der Waals surface area contributed by atoms with Crippen LogP contribution in [0.1, 0.15) is 39.8 Å². The van der Waals surface area contributed by atoms with E-state index in [1.54, 1.807) is 22.7 Å². The van der Waals surface area contributed by atoms with Crippen LogP contribution in [0.5, 0.6) is 0 Å². The summed E-state index contributed by atoms with van der Waals surface area (Å²) in [7, 11) is -3.64. The van der Waals surface area contributed by atoms with Gasteiger partial charge in [-0.05, 0) is 72.0 Å². The number of hydrogen-bond acceptors (Lipinski definition) is 6. The van der Waals surface area contributed by atoms with Gasteiger partial charge in [0.2, 0.25) is 15.9 Å². The molecule has 0 saturated carbocycles.